The number of thiophene rings is 1. The number of hydrogen-bond acceptors (Lipinski definition) is 5. The predicted octanol–water partition coefficient (Wildman–Crippen LogP) is 4.18. The summed E-state index contributed by atoms with van der Waals surface area (Å²) in [6, 6.07) is 15.5. The van der Waals surface area contributed by atoms with Gasteiger partial charge in [-0.3, -0.25) is 0 Å². The van der Waals surface area contributed by atoms with Crippen molar-refractivity contribution in [2.75, 3.05) is 19.5 Å². The van der Waals surface area contributed by atoms with Crippen LogP contribution in [0.3, 0.4) is 0 Å². The maximum atomic E-state index is 12.1. The monoisotopic (exact) mass is 386 g/mol. The highest BCUT2D eigenvalue weighted by molar-refractivity contribution is 7.80. The first-order valence-electron chi connectivity index (χ1n) is 7.90. The zero-order valence-electron chi connectivity index (χ0n) is 14.4. The first-order valence-corrected chi connectivity index (χ1v) is 9.12. The molecular weight excluding hydrogens is 368 g/mol. The molecule has 0 fully saturated rings. The third-order valence-corrected chi connectivity index (χ3v) is 5.21. The van der Waals surface area contributed by atoms with Crippen LogP contribution in [0.5, 0.6) is 5.75 Å². The second-order valence-electron chi connectivity index (χ2n) is 5.45. The number of thiocarbonyl (C=S) groups is 1. The number of carbonyl (C=O) groups excluding carboxylic acids is 1. The van der Waals surface area contributed by atoms with E-state index >= 15 is 0 Å². The van der Waals surface area contributed by atoms with Crippen LogP contribution in [0.15, 0.2) is 48.5 Å². The van der Waals surface area contributed by atoms with Gasteiger partial charge in [-0.25, -0.2) is 4.79 Å². The Morgan fingerprint density at radius 3 is 2.54 bits per heavy atom. The van der Waals surface area contributed by atoms with Gasteiger partial charge in [0.05, 0.1) is 19.9 Å². The molecule has 3 rings (SSSR count). The zero-order chi connectivity index (χ0) is 18.5. The number of benzene rings is 2. The van der Waals surface area contributed by atoms with Gasteiger partial charge in [0, 0.05) is 16.6 Å². The molecule has 0 aliphatic heterocycles. The van der Waals surface area contributed by atoms with Crippen molar-refractivity contribution in [3.63, 3.8) is 0 Å². The van der Waals surface area contributed by atoms with Gasteiger partial charge in [-0.15, -0.1) is 11.3 Å². The summed E-state index contributed by atoms with van der Waals surface area (Å²) in [6.07, 6.45) is 0. The van der Waals surface area contributed by atoms with Crippen molar-refractivity contribution in [2.24, 2.45) is 0 Å². The fraction of sp³-hybridized carbons (Fsp3) is 0.158. The Morgan fingerprint density at radius 2 is 1.85 bits per heavy atom. The van der Waals surface area contributed by atoms with Crippen molar-refractivity contribution in [1.82, 2.24) is 5.32 Å². The average molecular weight is 386 g/mol. The maximum Gasteiger partial charge on any atom is 0.350 e. The number of esters is 1. The second kappa shape index (κ2) is 8.16. The molecule has 5 nitrogen and oxygen atoms in total. The number of nitrogens with one attached hydrogen (secondary N) is 2. The molecule has 7 heteroatoms. The second-order valence-corrected chi connectivity index (χ2v) is 6.91. The molecule has 0 amide bonds. The van der Waals surface area contributed by atoms with Crippen LogP contribution in [0.25, 0.3) is 10.1 Å². The van der Waals surface area contributed by atoms with Crippen molar-refractivity contribution < 1.29 is 14.3 Å². The van der Waals surface area contributed by atoms with Crippen LogP contribution in [0, 0.1) is 0 Å². The van der Waals surface area contributed by atoms with E-state index in [2.05, 4.69) is 10.6 Å². The first kappa shape index (κ1) is 18.2. The van der Waals surface area contributed by atoms with E-state index in [0.717, 1.165) is 21.4 Å². The Labute approximate surface area is 160 Å². The highest BCUT2D eigenvalue weighted by atomic mass is 32.1. The highest BCUT2D eigenvalue weighted by Crippen LogP contribution is 2.36. The van der Waals surface area contributed by atoms with Crippen molar-refractivity contribution in [3.05, 3.63) is 59.0 Å². The van der Waals surface area contributed by atoms with Crippen LogP contribution in [-0.2, 0) is 11.3 Å². The molecular formula is C19H18N2O3S2. The number of methoxy groups -OCH3 is 2. The topological polar surface area (TPSA) is 59.6 Å². The summed E-state index contributed by atoms with van der Waals surface area (Å²) in [5.74, 6) is 0.425. The lowest BCUT2D eigenvalue weighted by molar-refractivity contribution is 0.0607. The fourth-order valence-corrected chi connectivity index (χ4v) is 3.74. The van der Waals surface area contributed by atoms with E-state index < -0.39 is 0 Å². The largest absolute Gasteiger partial charge is 0.497 e. The molecule has 0 aliphatic rings. The molecule has 0 aliphatic carbocycles. The highest BCUT2D eigenvalue weighted by Gasteiger charge is 2.19. The zero-order valence-corrected chi connectivity index (χ0v) is 16.0. The lowest BCUT2D eigenvalue weighted by atomic mass is 10.2. The molecule has 1 heterocycles. The molecule has 0 saturated heterocycles. The Kier molecular flexibility index (Phi) is 5.70. The Balaban J connectivity index is 1.74. The van der Waals surface area contributed by atoms with Crippen LogP contribution in [0.4, 0.5) is 5.69 Å². The number of hydrogen-bond donors (Lipinski definition) is 2. The molecule has 0 atom stereocenters. The summed E-state index contributed by atoms with van der Waals surface area (Å²) in [5.41, 5.74) is 1.74. The molecule has 2 aromatic carbocycles. The van der Waals surface area contributed by atoms with Crippen molar-refractivity contribution >= 4 is 50.4 Å². The van der Waals surface area contributed by atoms with Gasteiger partial charge in [0.15, 0.2) is 5.11 Å². The van der Waals surface area contributed by atoms with Gasteiger partial charge >= 0.3 is 5.97 Å². The van der Waals surface area contributed by atoms with Crippen molar-refractivity contribution in [3.8, 4) is 5.75 Å². The van der Waals surface area contributed by atoms with Crippen LogP contribution < -0.4 is 15.4 Å². The molecule has 0 bridgehead atoms. The Bertz CT molecular complexity index is 936. The summed E-state index contributed by atoms with van der Waals surface area (Å²) in [4.78, 5) is 12.6. The summed E-state index contributed by atoms with van der Waals surface area (Å²) in [6.45, 7) is 0.561. The number of rotatable bonds is 5. The van der Waals surface area contributed by atoms with Crippen LogP contribution in [0.1, 0.15) is 15.2 Å². The van der Waals surface area contributed by atoms with E-state index in [9.17, 15) is 4.79 Å². The number of fused-ring (bicyclic) bond motifs is 1. The minimum Gasteiger partial charge on any atom is -0.497 e. The predicted molar refractivity (Wildman–Crippen MR) is 109 cm³/mol. The first-order chi connectivity index (χ1) is 12.6. The SMILES string of the molecule is COC(=O)c1sc2ccccc2c1NC(=S)NCc1ccc(OC)cc1. The molecule has 0 unspecified atom stereocenters. The number of ether oxygens (including phenoxy) is 2. The van der Waals surface area contributed by atoms with Crippen molar-refractivity contribution in [2.45, 2.75) is 6.54 Å². The minimum atomic E-state index is -0.383. The Morgan fingerprint density at radius 1 is 1.12 bits per heavy atom. The molecule has 0 radical (unpaired) electrons. The minimum absolute atomic E-state index is 0.383. The van der Waals surface area contributed by atoms with E-state index in [1.54, 1.807) is 7.11 Å². The lowest BCUT2D eigenvalue weighted by Crippen LogP contribution is -2.28. The molecule has 0 spiro atoms. The summed E-state index contributed by atoms with van der Waals surface area (Å²) in [7, 11) is 3.01. The van der Waals surface area contributed by atoms with E-state index in [1.165, 1.54) is 18.4 Å². The van der Waals surface area contributed by atoms with Crippen molar-refractivity contribution in [1.29, 1.82) is 0 Å². The van der Waals surface area contributed by atoms with Crippen LogP contribution in [0.2, 0.25) is 0 Å². The van der Waals surface area contributed by atoms with Gasteiger partial charge in [-0.2, -0.15) is 0 Å². The smallest absolute Gasteiger partial charge is 0.350 e. The van der Waals surface area contributed by atoms with Crippen LogP contribution in [-0.4, -0.2) is 25.3 Å². The average Bonchev–Trinajstić information content (AvgIpc) is 3.04. The van der Waals surface area contributed by atoms with E-state index in [-0.39, 0.29) is 5.97 Å². The summed E-state index contributed by atoms with van der Waals surface area (Å²) in [5, 5.41) is 7.68. The van der Waals surface area contributed by atoms with Gasteiger partial charge < -0.3 is 20.1 Å². The van der Waals surface area contributed by atoms with E-state index in [1.807, 2.05) is 48.5 Å². The molecule has 2 N–H and O–H groups in total. The third kappa shape index (κ3) is 3.95. The quantitative estimate of drug-likeness (QED) is 0.507. The lowest BCUT2D eigenvalue weighted by Gasteiger charge is -2.12. The normalized spacial score (nSPS) is 10.4. The van der Waals surface area contributed by atoms with E-state index in [0.29, 0.717) is 22.2 Å². The third-order valence-electron chi connectivity index (χ3n) is 3.82. The molecule has 26 heavy (non-hydrogen) atoms. The summed E-state index contributed by atoms with van der Waals surface area (Å²) < 4.78 is 11.0. The molecule has 3 aromatic rings. The standard InChI is InChI=1S/C19H18N2O3S2/c1-23-13-9-7-12(8-10-13)11-20-19(25)21-16-14-5-3-4-6-15(14)26-17(16)18(22)24-2/h3-10H,11H2,1-2H3,(H2,20,21,25). The number of carbonyl (C=O) groups is 1. The van der Waals surface area contributed by atoms with Crippen LogP contribution >= 0.6 is 23.6 Å². The van der Waals surface area contributed by atoms with E-state index in [4.69, 9.17) is 21.7 Å². The molecule has 0 saturated carbocycles. The molecule has 1 aromatic heterocycles. The number of anilines is 1. The van der Waals surface area contributed by atoms with Gasteiger partial charge in [0.2, 0.25) is 0 Å². The van der Waals surface area contributed by atoms with Gasteiger partial charge in [-0.05, 0) is 36.0 Å². The summed E-state index contributed by atoms with van der Waals surface area (Å²) >= 11 is 6.78. The van der Waals surface area contributed by atoms with Gasteiger partial charge in [0.1, 0.15) is 10.6 Å². The molecule has 134 valence electrons. The maximum absolute atomic E-state index is 12.1. The van der Waals surface area contributed by atoms with Gasteiger partial charge in [-0.1, -0.05) is 30.3 Å². The fourth-order valence-electron chi connectivity index (χ4n) is 2.49. The Hall–Kier alpha value is -2.64. The van der Waals surface area contributed by atoms with Gasteiger partial charge in [0.25, 0.3) is 0 Å².